The highest BCUT2D eigenvalue weighted by Crippen LogP contribution is 2.03. The van der Waals surface area contributed by atoms with E-state index in [9.17, 15) is 9.59 Å². The third-order valence-electron chi connectivity index (χ3n) is 3.65. The Morgan fingerprint density at radius 1 is 1.43 bits per heavy atom. The van der Waals surface area contributed by atoms with Crippen LogP contribution >= 0.6 is 0 Å². The molecule has 2 aromatic rings. The van der Waals surface area contributed by atoms with Crippen LogP contribution in [0.3, 0.4) is 0 Å². The van der Waals surface area contributed by atoms with E-state index in [0.717, 1.165) is 18.4 Å². The minimum absolute atomic E-state index is 0.0133. The Kier molecular flexibility index (Phi) is 5.56. The van der Waals surface area contributed by atoms with E-state index >= 15 is 0 Å². The first-order chi connectivity index (χ1) is 11.0. The molecular weight excluding hydrogens is 296 g/mol. The number of aromatic nitrogens is 3. The van der Waals surface area contributed by atoms with E-state index in [0.29, 0.717) is 6.54 Å². The van der Waals surface area contributed by atoms with E-state index in [2.05, 4.69) is 5.10 Å². The lowest BCUT2D eigenvalue weighted by Gasteiger charge is -2.17. The number of amides is 1. The highest BCUT2D eigenvalue weighted by Gasteiger charge is 2.12. The second kappa shape index (κ2) is 7.62. The number of methoxy groups -OCH3 is 1. The van der Waals surface area contributed by atoms with Crippen LogP contribution in [0, 0.1) is 0 Å². The molecule has 0 aliphatic carbocycles. The zero-order chi connectivity index (χ0) is 16.8. The van der Waals surface area contributed by atoms with Gasteiger partial charge in [0.25, 0.3) is 5.56 Å². The Bertz CT molecular complexity index is 720. The van der Waals surface area contributed by atoms with E-state index in [1.54, 1.807) is 35.0 Å². The first-order valence-electron chi connectivity index (χ1n) is 7.46. The van der Waals surface area contributed by atoms with Crippen LogP contribution in [0.25, 0.3) is 0 Å². The summed E-state index contributed by atoms with van der Waals surface area (Å²) in [7, 11) is 5.06. The van der Waals surface area contributed by atoms with Crippen molar-refractivity contribution in [2.24, 2.45) is 7.05 Å². The third kappa shape index (κ3) is 4.45. The van der Waals surface area contributed by atoms with Crippen molar-refractivity contribution in [3.05, 3.63) is 46.6 Å². The standard InChI is InChI=1S/C16H22N4O3/c1-18(8-4-6-13-10-17-19(2)11-13)15(21)12-20-9-5-7-14(23-3)16(20)22/h5,7,9-11H,4,6,8,12H2,1-3H3. The van der Waals surface area contributed by atoms with Crippen LogP contribution in [0.5, 0.6) is 5.75 Å². The SMILES string of the molecule is COc1cccn(CC(=O)N(C)CCCc2cnn(C)c2)c1=O. The van der Waals surface area contributed by atoms with Crippen LogP contribution in [0.4, 0.5) is 0 Å². The van der Waals surface area contributed by atoms with E-state index < -0.39 is 0 Å². The summed E-state index contributed by atoms with van der Waals surface area (Å²) in [5.74, 6) is 0.131. The van der Waals surface area contributed by atoms with Gasteiger partial charge in [0.15, 0.2) is 5.75 Å². The van der Waals surface area contributed by atoms with Gasteiger partial charge < -0.3 is 14.2 Å². The molecule has 7 heteroatoms. The molecule has 7 nitrogen and oxygen atoms in total. The van der Waals surface area contributed by atoms with Crippen molar-refractivity contribution in [1.29, 1.82) is 0 Å². The van der Waals surface area contributed by atoms with Crippen molar-refractivity contribution in [2.45, 2.75) is 19.4 Å². The van der Waals surface area contributed by atoms with Gasteiger partial charge >= 0.3 is 0 Å². The summed E-state index contributed by atoms with van der Waals surface area (Å²) < 4.78 is 8.10. The third-order valence-corrected chi connectivity index (χ3v) is 3.65. The normalized spacial score (nSPS) is 10.6. The second-order valence-electron chi connectivity index (χ2n) is 5.45. The zero-order valence-electron chi connectivity index (χ0n) is 13.7. The molecule has 0 saturated heterocycles. The molecule has 0 fully saturated rings. The number of hydrogen-bond acceptors (Lipinski definition) is 4. The summed E-state index contributed by atoms with van der Waals surface area (Å²) in [6.45, 7) is 0.645. The molecule has 0 aliphatic rings. The molecular formula is C16H22N4O3. The summed E-state index contributed by atoms with van der Waals surface area (Å²) in [6, 6.07) is 3.27. The van der Waals surface area contributed by atoms with E-state index in [1.165, 1.54) is 11.7 Å². The summed E-state index contributed by atoms with van der Waals surface area (Å²) in [4.78, 5) is 25.9. The highest BCUT2D eigenvalue weighted by molar-refractivity contribution is 5.75. The molecule has 2 aromatic heterocycles. The highest BCUT2D eigenvalue weighted by atomic mass is 16.5. The van der Waals surface area contributed by atoms with Gasteiger partial charge in [-0.3, -0.25) is 14.3 Å². The fraction of sp³-hybridized carbons (Fsp3) is 0.438. The Labute approximate surface area is 135 Å². The van der Waals surface area contributed by atoms with Crippen LogP contribution in [-0.2, 0) is 24.8 Å². The molecule has 0 saturated carbocycles. The number of likely N-dealkylation sites (N-methyl/N-ethyl adjacent to an activating group) is 1. The number of hydrogen-bond donors (Lipinski definition) is 0. The van der Waals surface area contributed by atoms with Crippen LogP contribution in [-0.4, -0.2) is 45.9 Å². The van der Waals surface area contributed by atoms with Gasteiger partial charge in [-0.2, -0.15) is 5.10 Å². The van der Waals surface area contributed by atoms with Gasteiger partial charge in [0.2, 0.25) is 5.91 Å². The topological polar surface area (TPSA) is 69.4 Å². The van der Waals surface area contributed by atoms with Gasteiger partial charge in [-0.05, 0) is 30.5 Å². The van der Waals surface area contributed by atoms with Gasteiger partial charge in [0.1, 0.15) is 6.54 Å². The average Bonchev–Trinajstić information content (AvgIpc) is 2.94. The molecule has 1 amide bonds. The molecule has 2 rings (SSSR count). The molecule has 0 aromatic carbocycles. The smallest absolute Gasteiger partial charge is 0.293 e. The summed E-state index contributed by atoms with van der Waals surface area (Å²) in [6.07, 6.45) is 7.10. The Hall–Kier alpha value is -2.57. The number of ether oxygens (including phenoxy) is 1. The van der Waals surface area contributed by atoms with Crippen molar-refractivity contribution in [2.75, 3.05) is 20.7 Å². The minimum atomic E-state index is -0.299. The van der Waals surface area contributed by atoms with Crippen molar-refractivity contribution < 1.29 is 9.53 Å². The monoisotopic (exact) mass is 318 g/mol. The summed E-state index contributed by atoms with van der Waals surface area (Å²) >= 11 is 0. The van der Waals surface area contributed by atoms with Crippen LogP contribution in [0.1, 0.15) is 12.0 Å². The maximum atomic E-state index is 12.2. The van der Waals surface area contributed by atoms with Gasteiger partial charge in [0.05, 0.1) is 13.3 Å². The number of carbonyl (C=O) groups is 1. The minimum Gasteiger partial charge on any atom is -0.491 e. The molecule has 0 bridgehead atoms. The Morgan fingerprint density at radius 2 is 2.22 bits per heavy atom. The van der Waals surface area contributed by atoms with Crippen molar-refractivity contribution >= 4 is 5.91 Å². The van der Waals surface area contributed by atoms with Crippen molar-refractivity contribution in [3.8, 4) is 5.75 Å². The van der Waals surface area contributed by atoms with Crippen molar-refractivity contribution in [3.63, 3.8) is 0 Å². The van der Waals surface area contributed by atoms with Crippen molar-refractivity contribution in [1.82, 2.24) is 19.2 Å². The zero-order valence-corrected chi connectivity index (χ0v) is 13.7. The number of aryl methyl sites for hydroxylation is 2. The van der Waals surface area contributed by atoms with E-state index in [1.807, 2.05) is 19.4 Å². The number of rotatable bonds is 7. The fourth-order valence-corrected chi connectivity index (χ4v) is 2.31. The molecule has 0 unspecified atom stereocenters. The maximum Gasteiger partial charge on any atom is 0.293 e. The molecule has 0 spiro atoms. The Morgan fingerprint density at radius 3 is 2.87 bits per heavy atom. The van der Waals surface area contributed by atoms with Gasteiger partial charge in [-0.1, -0.05) is 0 Å². The largest absolute Gasteiger partial charge is 0.491 e. The fourth-order valence-electron chi connectivity index (χ4n) is 2.31. The molecule has 2 heterocycles. The van der Waals surface area contributed by atoms with Gasteiger partial charge in [-0.15, -0.1) is 0 Å². The maximum absolute atomic E-state index is 12.2. The average molecular weight is 318 g/mol. The summed E-state index contributed by atoms with van der Waals surface area (Å²) in [5.41, 5.74) is 0.851. The van der Waals surface area contributed by atoms with Gasteiger partial charge in [-0.25, -0.2) is 0 Å². The van der Waals surface area contributed by atoms with Crippen LogP contribution < -0.4 is 10.3 Å². The quantitative estimate of drug-likeness (QED) is 0.753. The molecule has 0 atom stereocenters. The van der Waals surface area contributed by atoms with Crippen LogP contribution in [0.2, 0.25) is 0 Å². The number of carbonyl (C=O) groups excluding carboxylic acids is 1. The first-order valence-corrected chi connectivity index (χ1v) is 7.46. The molecule has 124 valence electrons. The van der Waals surface area contributed by atoms with Gasteiger partial charge in [0, 0.05) is 33.0 Å². The number of pyridine rings is 1. The first kappa shape index (κ1) is 16.8. The van der Waals surface area contributed by atoms with Crippen LogP contribution in [0.15, 0.2) is 35.5 Å². The van der Waals surface area contributed by atoms with E-state index in [4.69, 9.17) is 4.74 Å². The Balaban J connectivity index is 1.86. The second-order valence-corrected chi connectivity index (χ2v) is 5.45. The molecule has 0 radical (unpaired) electrons. The molecule has 23 heavy (non-hydrogen) atoms. The molecule has 0 aliphatic heterocycles. The predicted molar refractivity (Wildman–Crippen MR) is 86.4 cm³/mol. The lowest BCUT2D eigenvalue weighted by atomic mass is 10.2. The lowest BCUT2D eigenvalue weighted by Crippen LogP contribution is -2.34. The van der Waals surface area contributed by atoms with E-state index in [-0.39, 0.29) is 23.8 Å². The lowest BCUT2D eigenvalue weighted by molar-refractivity contribution is -0.130. The predicted octanol–water partition coefficient (Wildman–Crippen LogP) is 0.682. The summed E-state index contributed by atoms with van der Waals surface area (Å²) in [5, 5.41) is 4.12. The number of nitrogens with zero attached hydrogens (tertiary/aromatic N) is 4. The molecule has 0 N–H and O–H groups in total.